The summed E-state index contributed by atoms with van der Waals surface area (Å²) in [5.74, 6) is -1.35. The lowest BCUT2D eigenvalue weighted by Crippen LogP contribution is -2.39. The first-order valence-corrected chi connectivity index (χ1v) is 4.50. The van der Waals surface area contributed by atoms with Gasteiger partial charge in [-0.15, -0.1) is 12.4 Å². The quantitative estimate of drug-likeness (QED) is 0.815. The van der Waals surface area contributed by atoms with E-state index in [-0.39, 0.29) is 24.7 Å². The van der Waals surface area contributed by atoms with Gasteiger partial charge < -0.3 is 10.4 Å². The second-order valence-corrected chi connectivity index (χ2v) is 3.16. The molecular weight excluding hydrogens is 232 g/mol. The van der Waals surface area contributed by atoms with Gasteiger partial charge in [-0.05, 0) is 24.6 Å². The van der Waals surface area contributed by atoms with Gasteiger partial charge in [-0.3, -0.25) is 14.6 Å². The molecule has 0 radical (unpaired) electrons. The summed E-state index contributed by atoms with van der Waals surface area (Å²) in [5, 5.41) is 10.9. The van der Waals surface area contributed by atoms with Crippen LogP contribution < -0.4 is 5.32 Å². The van der Waals surface area contributed by atoms with Crippen LogP contribution in [0.3, 0.4) is 0 Å². The van der Waals surface area contributed by atoms with Crippen LogP contribution in [0, 0.1) is 0 Å². The lowest BCUT2D eigenvalue weighted by molar-refractivity contribution is -0.141. The normalized spacial score (nSPS) is 11.1. The van der Waals surface area contributed by atoms with Crippen molar-refractivity contribution in [2.45, 2.75) is 19.4 Å². The Bertz CT molecular complexity index is 356. The number of rotatable bonds is 4. The molecule has 0 spiro atoms. The van der Waals surface area contributed by atoms with Crippen LogP contribution in [-0.2, 0) is 16.0 Å². The molecule has 1 amide bonds. The maximum absolute atomic E-state index is 11.3. The van der Waals surface area contributed by atoms with Gasteiger partial charge in [0.05, 0.1) is 6.42 Å². The van der Waals surface area contributed by atoms with E-state index in [0.29, 0.717) is 0 Å². The summed E-state index contributed by atoms with van der Waals surface area (Å²) in [6.45, 7) is 1.42. The SMILES string of the molecule is CC(NC(=O)Cc1ccncc1)C(=O)O.Cl. The van der Waals surface area contributed by atoms with Crippen LogP contribution in [0.1, 0.15) is 12.5 Å². The van der Waals surface area contributed by atoms with Crippen molar-refractivity contribution in [1.82, 2.24) is 10.3 Å². The molecule has 5 nitrogen and oxygen atoms in total. The number of carbonyl (C=O) groups is 2. The van der Waals surface area contributed by atoms with E-state index in [2.05, 4.69) is 10.3 Å². The standard InChI is InChI=1S/C10H12N2O3.ClH/c1-7(10(14)15)12-9(13)6-8-2-4-11-5-3-8;/h2-5,7H,6H2,1H3,(H,12,13)(H,14,15);1H. The minimum atomic E-state index is -1.04. The van der Waals surface area contributed by atoms with E-state index in [4.69, 9.17) is 5.11 Å². The highest BCUT2D eigenvalue weighted by molar-refractivity contribution is 5.85. The fraction of sp³-hybridized carbons (Fsp3) is 0.300. The summed E-state index contributed by atoms with van der Waals surface area (Å²) >= 11 is 0. The van der Waals surface area contributed by atoms with Crippen molar-refractivity contribution < 1.29 is 14.7 Å². The van der Waals surface area contributed by atoms with Gasteiger partial charge in [-0.2, -0.15) is 0 Å². The predicted molar refractivity (Wildman–Crippen MR) is 60.4 cm³/mol. The molecule has 0 aliphatic carbocycles. The number of carbonyl (C=O) groups excluding carboxylic acids is 1. The molecule has 0 bridgehead atoms. The highest BCUT2D eigenvalue weighted by Gasteiger charge is 2.13. The lowest BCUT2D eigenvalue weighted by Gasteiger charge is -2.08. The minimum absolute atomic E-state index is 0. The van der Waals surface area contributed by atoms with Gasteiger partial charge in [0.1, 0.15) is 6.04 Å². The monoisotopic (exact) mass is 244 g/mol. The number of carboxylic acids is 1. The molecule has 1 aromatic heterocycles. The highest BCUT2D eigenvalue weighted by atomic mass is 35.5. The Balaban J connectivity index is 0.00000225. The number of halogens is 1. The van der Waals surface area contributed by atoms with Crippen molar-refractivity contribution in [3.8, 4) is 0 Å². The zero-order chi connectivity index (χ0) is 11.3. The number of nitrogens with one attached hydrogen (secondary N) is 1. The molecule has 1 unspecified atom stereocenters. The number of carboxylic acid groups (broad SMARTS) is 1. The summed E-state index contributed by atoms with van der Waals surface area (Å²) < 4.78 is 0. The average Bonchev–Trinajstić information content (AvgIpc) is 2.18. The topological polar surface area (TPSA) is 79.3 Å². The van der Waals surface area contributed by atoms with E-state index < -0.39 is 12.0 Å². The lowest BCUT2D eigenvalue weighted by atomic mass is 10.2. The molecule has 1 heterocycles. The van der Waals surface area contributed by atoms with Crippen LogP contribution in [0.5, 0.6) is 0 Å². The maximum atomic E-state index is 11.3. The largest absolute Gasteiger partial charge is 0.480 e. The fourth-order valence-corrected chi connectivity index (χ4v) is 1.04. The number of hydrogen-bond acceptors (Lipinski definition) is 3. The maximum Gasteiger partial charge on any atom is 0.325 e. The summed E-state index contributed by atoms with van der Waals surface area (Å²) in [5.41, 5.74) is 0.806. The minimum Gasteiger partial charge on any atom is -0.480 e. The molecule has 0 saturated heterocycles. The Morgan fingerprint density at radius 2 is 2.00 bits per heavy atom. The number of nitrogens with zero attached hydrogens (tertiary/aromatic N) is 1. The number of pyridine rings is 1. The Morgan fingerprint density at radius 3 is 2.50 bits per heavy atom. The first kappa shape index (κ1) is 14.4. The van der Waals surface area contributed by atoms with Crippen LogP contribution in [0.2, 0.25) is 0 Å². The summed E-state index contributed by atoms with van der Waals surface area (Å²) in [7, 11) is 0. The van der Waals surface area contributed by atoms with Gasteiger partial charge in [0, 0.05) is 12.4 Å². The Hall–Kier alpha value is -1.62. The van der Waals surface area contributed by atoms with Crippen LogP contribution in [-0.4, -0.2) is 28.0 Å². The third-order valence-electron chi connectivity index (χ3n) is 1.86. The molecule has 16 heavy (non-hydrogen) atoms. The zero-order valence-electron chi connectivity index (χ0n) is 8.71. The van der Waals surface area contributed by atoms with Crippen molar-refractivity contribution >= 4 is 24.3 Å². The Labute approximate surface area is 99.3 Å². The predicted octanol–water partition coefficient (Wildman–Crippen LogP) is 0.635. The Kier molecular flexibility index (Phi) is 6.10. The molecule has 0 aliphatic heterocycles. The summed E-state index contributed by atoms with van der Waals surface area (Å²) in [6.07, 6.45) is 3.34. The first-order chi connectivity index (χ1) is 7.09. The Morgan fingerprint density at radius 1 is 1.44 bits per heavy atom. The van der Waals surface area contributed by atoms with Crippen molar-refractivity contribution in [3.63, 3.8) is 0 Å². The molecule has 0 aliphatic rings. The third-order valence-corrected chi connectivity index (χ3v) is 1.86. The van der Waals surface area contributed by atoms with Crippen molar-refractivity contribution in [2.75, 3.05) is 0 Å². The smallest absolute Gasteiger partial charge is 0.325 e. The second-order valence-electron chi connectivity index (χ2n) is 3.16. The van der Waals surface area contributed by atoms with Crippen molar-refractivity contribution in [1.29, 1.82) is 0 Å². The van der Waals surface area contributed by atoms with E-state index in [9.17, 15) is 9.59 Å². The van der Waals surface area contributed by atoms with Crippen LogP contribution >= 0.6 is 12.4 Å². The van der Waals surface area contributed by atoms with Gasteiger partial charge in [0.25, 0.3) is 0 Å². The van der Waals surface area contributed by atoms with Gasteiger partial charge in [-0.25, -0.2) is 0 Å². The van der Waals surface area contributed by atoms with Gasteiger partial charge >= 0.3 is 5.97 Å². The third kappa shape index (κ3) is 4.75. The molecule has 1 aromatic rings. The molecule has 0 aromatic carbocycles. The van der Waals surface area contributed by atoms with Crippen molar-refractivity contribution in [2.24, 2.45) is 0 Å². The number of aromatic nitrogens is 1. The van der Waals surface area contributed by atoms with Gasteiger partial charge in [0.2, 0.25) is 5.91 Å². The van der Waals surface area contributed by atoms with E-state index in [1.165, 1.54) is 6.92 Å². The van der Waals surface area contributed by atoms with Crippen molar-refractivity contribution in [3.05, 3.63) is 30.1 Å². The molecule has 0 saturated carbocycles. The summed E-state index contributed by atoms with van der Waals surface area (Å²) in [6, 6.07) is 2.56. The van der Waals surface area contributed by atoms with Gasteiger partial charge in [0.15, 0.2) is 0 Å². The van der Waals surface area contributed by atoms with E-state index in [1.807, 2.05) is 0 Å². The van der Waals surface area contributed by atoms with Crippen LogP contribution in [0.4, 0.5) is 0 Å². The molecule has 0 fully saturated rings. The fourth-order valence-electron chi connectivity index (χ4n) is 1.04. The summed E-state index contributed by atoms with van der Waals surface area (Å²) in [4.78, 5) is 25.6. The molecule has 1 rings (SSSR count). The molecule has 2 N–H and O–H groups in total. The zero-order valence-corrected chi connectivity index (χ0v) is 9.53. The van der Waals surface area contributed by atoms with Crippen LogP contribution in [0.15, 0.2) is 24.5 Å². The molecule has 6 heteroatoms. The number of aliphatic carboxylic acids is 1. The van der Waals surface area contributed by atoms with E-state index >= 15 is 0 Å². The molecule has 88 valence electrons. The molecule has 1 atom stereocenters. The molecular formula is C10H13ClN2O3. The van der Waals surface area contributed by atoms with E-state index in [0.717, 1.165) is 5.56 Å². The average molecular weight is 245 g/mol. The number of hydrogen-bond donors (Lipinski definition) is 2. The number of amides is 1. The highest BCUT2D eigenvalue weighted by Crippen LogP contribution is 1.97. The first-order valence-electron chi connectivity index (χ1n) is 4.50. The van der Waals surface area contributed by atoms with Gasteiger partial charge in [-0.1, -0.05) is 0 Å². The van der Waals surface area contributed by atoms with Crippen LogP contribution in [0.25, 0.3) is 0 Å². The second kappa shape index (κ2) is 6.79. The van der Waals surface area contributed by atoms with E-state index in [1.54, 1.807) is 24.5 Å².